The van der Waals surface area contributed by atoms with Gasteiger partial charge in [0.25, 0.3) is 0 Å². The largest absolute Gasteiger partial charge is 0.351 e. The van der Waals surface area contributed by atoms with Gasteiger partial charge in [0.05, 0.1) is 0 Å². The highest BCUT2D eigenvalue weighted by Gasteiger charge is 2.38. The first-order chi connectivity index (χ1) is 12.6. The highest BCUT2D eigenvalue weighted by molar-refractivity contribution is 5.87. The van der Waals surface area contributed by atoms with Crippen molar-refractivity contribution in [2.75, 3.05) is 13.1 Å². The van der Waals surface area contributed by atoms with Gasteiger partial charge >= 0.3 is 6.03 Å². The molecular weight excluding hydrogens is 326 g/mol. The summed E-state index contributed by atoms with van der Waals surface area (Å²) < 4.78 is 0. The molecule has 2 aromatic carbocycles. The van der Waals surface area contributed by atoms with E-state index in [1.54, 1.807) is 0 Å². The Kier molecular flexibility index (Phi) is 4.37. The van der Waals surface area contributed by atoms with Crippen LogP contribution in [0.1, 0.15) is 35.4 Å². The number of amides is 3. The van der Waals surface area contributed by atoms with Crippen molar-refractivity contribution in [1.82, 2.24) is 9.80 Å². The van der Waals surface area contributed by atoms with Crippen LogP contribution >= 0.6 is 0 Å². The standard InChI is InChI=1S/C21H23N3O2/c22-21(26)24-12-6-11-19(24)20(25)23-13-16-9-4-5-10-17(16)18(14-23)15-7-2-1-3-8-15/h1-5,7-10,18-19H,6,11-14H2,(H2,22,26)/t18-,19+/m1/s1. The molecule has 2 atom stereocenters. The van der Waals surface area contributed by atoms with Crippen LogP contribution < -0.4 is 5.73 Å². The van der Waals surface area contributed by atoms with Gasteiger partial charge in [-0.2, -0.15) is 0 Å². The molecule has 2 heterocycles. The van der Waals surface area contributed by atoms with Crippen molar-refractivity contribution in [2.45, 2.75) is 31.3 Å². The Labute approximate surface area is 153 Å². The predicted molar refractivity (Wildman–Crippen MR) is 99.5 cm³/mol. The number of urea groups is 1. The van der Waals surface area contributed by atoms with Crippen molar-refractivity contribution in [2.24, 2.45) is 5.73 Å². The van der Waals surface area contributed by atoms with E-state index < -0.39 is 12.1 Å². The van der Waals surface area contributed by atoms with Gasteiger partial charge in [0.1, 0.15) is 6.04 Å². The quantitative estimate of drug-likeness (QED) is 0.906. The van der Waals surface area contributed by atoms with E-state index in [2.05, 4.69) is 30.3 Å². The number of nitrogens with zero attached hydrogens (tertiary/aromatic N) is 2. The van der Waals surface area contributed by atoms with Crippen molar-refractivity contribution in [3.05, 3.63) is 71.3 Å². The molecule has 5 nitrogen and oxygen atoms in total. The number of rotatable bonds is 2. The van der Waals surface area contributed by atoms with Crippen LogP contribution in [-0.2, 0) is 11.3 Å². The van der Waals surface area contributed by atoms with Crippen LogP contribution in [0, 0.1) is 0 Å². The molecule has 0 bridgehead atoms. The van der Waals surface area contributed by atoms with Crippen LogP contribution in [0.4, 0.5) is 4.79 Å². The summed E-state index contributed by atoms with van der Waals surface area (Å²) in [4.78, 5) is 28.2. The Hall–Kier alpha value is -2.82. The minimum Gasteiger partial charge on any atom is -0.351 e. The highest BCUT2D eigenvalue weighted by Crippen LogP contribution is 2.34. The maximum Gasteiger partial charge on any atom is 0.315 e. The fourth-order valence-corrected chi connectivity index (χ4v) is 4.24. The van der Waals surface area contributed by atoms with Gasteiger partial charge in [-0.05, 0) is 29.5 Å². The average molecular weight is 349 g/mol. The molecule has 0 spiro atoms. The number of carbonyl (C=O) groups is 2. The summed E-state index contributed by atoms with van der Waals surface area (Å²) in [5.74, 6) is 0.158. The normalized spacial score (nSPS) is 22.2. The molecule has 3 amide bonds. The molecule has 2 N–H and O–H groups in total. The van der Waals surface area contributed by atoms with Crippen LogP contribution in [0.5, 0.6) is 0 Å². The summed E-state index contributed by atoms with van der Waals surface area (Å²) in [6.45, 7) is 1.78. The fraction of sp³-hybridized carbons (Fsp3) is 0.333. The Bertz CT molecular complexity index is 821. The van der Waals surface area contributed by atoms with Crippen molar-refractivity contribution in [3.63, 3.8) is 0 Å². The molecule has 5 heteroatoms. The van der Waals surface area contributed by atoms with E-state index in [0.717, 1.165) is 6.42 Å². The van der Waals surface area contributed by atoms with Crippen molar-refractivity contribution >= 4 is 11.9 Å². The van der Waals surface area contributed by atoms with Gasteiger partial charge in [-0.1, -0.05) is 54.6 Å². The minimum absolute atomic E-state index is 0.0109. The molecule has 0 radical (unpaired) electrons. The summed E-state index contributed by atoms with van der Waals surface area (Å²) >= 11 is 0. The third-order valence-electron chi connectivity index (χ3n) is 5.53. The topological polar surface area (TPSA) is 66.6 Å². The van der Waals surface area contributed by atoms with E-state index >= 15 is 0 Å². The zero-order valence-electron chi connectivity index (χ0n) is 14.7. The van der Waals surface area contributed by atoms with Crippen LogP contribution in [0.25, 0.3) is 0 Å². The monoisotopic (exact) mass is 349 g/mol. The first kappa shape index (κ1) is 16.6. The number of carbonyl (C=O) groups excluding carboxylic acids is 2. The van der Waals surface area contributed by atoms with Crippen LogP contribution in [0.15, 0.2) is 54.6 Å². The molecule has 0 aromatic heterocycles. The third kappa shape index (κ3) is 2.94. The van der Waals surface area contributed by atoms with E-state index in [4.69, 9.17) is 5.73 Å². The lowest BCUT2D eigenvalue weighted by molar-refractivity contribution is -0.136. The molecule has 134 valence electrons. The lowest BCUT2D eigenvalue weighted by atomic mass is 9.84. The molecule has 0 unspecified atom stereocenters. The van der Waals surface area contributed by atoms with Crippen molar-refractivity contribution < 1.29 is 9.59 Å². The fourth-order valence-electron chi connectivity index (χ4n) is 4.24. The molecule has 2 aliphatic rings. The van der Waals surface area contributed by atoms with E-state index in [1.165, 1.54) is 21.6 Å². The van der Waals surface area contributed by atoms with E-state index in [1.807, 2.05) is 29.2 Å². The van der Waals surface area contributed by atoms with Crippen molar-refractivity contribution in [3.8, 4) is 0 Å². The summed E-state index contributed by atoms with van der Waals surface area (Å²) in [5.41, 5.74) is 9.12. The Morgan fingerprint density at radius 2 is 1.73 bits per heavy atom. The second-order valence-electron chi connectivity index (χ2n) is 7.07. The third-order valence-corrected chi connectivity index (χ3v) is 5.53. The maximum atomic E-state index is 13.2. The van der Waals surface area contributed by atoms with Gasteiger partial charge < -0.3 is 15.5 Å². The van der Waals surface area contributed by atoms with Crippen LogP contribution in [0.2, 0.25) is 0 Å². The van der Waals surface area contributed by atoms with E-state index in [9.17, 15) is 9.59 Å². The average Bonchev–Trinajstić information content (AvgIpc) is 3.17. The molecule has 0 aliphatic carbocycles. The highest BCUT2D eigenvalue weighted by atomic mass is 16.2. The second kappa shape index (κ2) is 6.83. The summed E-state index contributed by atoms with van der Waals surface area (Å²) in [6.07, 6.45) is 1.52. The van der Waals surface area contributed by atoms with Gasteiger partial charge in [0.2, 0.25) is 5.91 Å². The minimum atomic E-state index is -0.502. The first-order valence-corrected chi connectivity index (χ1v) is 9.13. The second-order valence-corrected chi connectivity index (χ2v) is 7.07. The maximum absolute atomic E-state index is 13.2. The molecule has 2 aromatic rings. The van der Waals surface area contributed by atoms with E-state index in [-0.39, 0.29) is 11.8 Å². The van der Waals surface area contributed by atoms with Crippen LogP contribution in [-0.4, -0.2) is 40.9 Å². The smallest absolute Gasteiger partial charge is 0.315 e. The van der Waals surface area contributed by atoms with Gasteiger partial charge in [-0.25, -0.2) is 4.79 Å². The zero-order chi connectivity index (χ0) is 18.1. The number of likely N-dealkylation sites (tertiary alicyclic amines) is 1. The molecule has 4 rings (SSSR count). The van der Waals surface area contributed by atoms with Crippen molar-refractivity contribution in [1.29, 1.82) is 0 Å². The number of fused-ring (bicyclic) bond motifs is 1. The molecule has 2 aliphatic heterocycles. The number of hydrogen-bond acceptors (Lipinski definition) is 2. The Morgan fingerprint density at radius 3 is 2.50 bits per heavy atom. The van der Waals surface area contributed by atoms with E-state index in [0.29, 0.717) is 26.1 Å². The van der Waals surface area contributed by atoms with Crippen LogP contribution in [0.3, 0.4) is 0 Å². The summed E-state index contributed by atoms with van der Waals surface area (Å²) in [6, 6.07) is 17.7. The van der Waals surface area contributed by atoms with Gasteiger partial charge in [0, 0.05) is 25.6 Å². The zero-order valence-corrected chi connectivity index (χ0v) is 14.7. The summed E-state index contributed by atoms with van der Waals surface area (Å²) in [5, 5.41) is 0. The molecular formula is C21H23N3O2. The first-order valence-electron chi connectivity index (χ1n) is 9.13. The Balaban J connectivity index is 1.65. The Morgan fingerprint density at radius 1 is 1.00 bits per heavy atom. The predicted octanol–water partition coefficient (Wildman–Crippen LogP) is 2.70. The number of nitrogens with two attached hydrogens (primary N) is 1. The number of benzene rings is 2. The number of primary amides is 1. The summed E-state index contributed by atoms with van der Waals surface area (Å²) in [7, 11) is 0. The van der Waals surface area contributed by atoms with Gasteiger partial charge in [0.15, 0.2) is 0 Å². The molecule has 1 saturated heterocycles. The van der Waals surface area contributed by atoms with Gasteiger partial charge in [-0.15, -0.1) is 0 Å². The number of hydrogen-bond donors (Lipinski definition) is 1. The lowest BCUT2D eigenvalue weighted by Gasteiger charge is -2.37. The molecule has 1 fully saturated rings. The lowest BCUT2D eigenvalue weighted by Crippen LogP contribution is -2.51. The van der Waals surface area contributed by atoms with Gasteiger partial charge in [-0.3, -0.25) is 4.79 Å². The SMILES string of the molecule is NC(=O)N1CCC[C@H]1C(=O)N1Cc2ccccc2[C@@H](c2ccccc2)C1. The molecule has 0 saturated carbocycles. The molecule has 26 heavy (non-hydrogen) atoms.